The smallest absolute Gasteiger partial charge is 0.305 e. The van der Waals surface area contributed by atoms with Crippen molar-refractivity contribution in [2.24, 2.45) is 0 Å². The molecule has 0 rings (SSSR count). The lowest BCUT2D eigenvalue weighted by Gasteiger charge is -2.05. The van der Waals surface area contributed by atoms with Gasteiger partial charge < -0.3 is 9.47 Å². The van der Waals surface area contributed by atoms with E-state index < -0.39 is 0 Å². The summed E-state index contributed by atoms with van der Waals surface area (Å²) in [7, 11) is 0. The first-order valence-corrected chi connectivity index (χ1v) is 7.52. The molecule has 0 atom stereocenters. The number of carbonyl (C=O) groups excluding carboxylic acids is 2. The third kappa shape index (κ3) is 13.2. The topological polar surface area (TPSA) is 52.6 Å². The van der Waals surface area contributed by atoms with Crippen LogP contribution in [0.2, 0.25) is 0 Å². The second kappa shape index (κ2) is 13.4. The second-order valence-electron chi connectivity index (χ2n) is 4.71. The van der Waals surface area contributed by atoms with Crippen LogP contribution in [0.15, 0.2) is 0 Å². The van der Waals surface area contributed by atoms with E-state index in [4.69, 9.17) is 9.47 Å². The summed E-state index contributed by atoms with van der Waals surface area (Å²) in [4.78, 5) is 22.6. The summed E-state index contributed by atoms with van der Waals surface area (Å²) in [6, 6.07) is 0. The number of esters is 2. The fourth-order valence-corrected chi connectivity index (χ4v) is 1.60. The van der Waals surface area contributed by atoms with Gasteiger partial charge in [0.05, 0.1) is 13.2 Å². The predicted molar refractivity (Wildman–Crippen MR) is 74.8 cm³/mol. The van der Waals surface area contributed by atoms with E-state index in [-0.39, 0.29) is 11.9 Å². The van der Waals surface area contributed by atoms with E-state index >= 15 is 0 Å². The van der Waals surface area contributed by atoms with Gasteiger partial charge in [0.2, 0.25) is 0 Å². The Kier molecular flexibility index (Phi) is 12.6. The fraction of sp³-hybridized carbons (Fsp3) is 0.867. The Hall–Kier alpha value is -1.06. The monoisotopic (exact) mass is 272 g/mol. The highest BCUT2D eigenvalue weighted by atomic mass is 16.5. The van der Waals surface area contributed by atoms with E-state index in [0.29, 0.717) is 32.5 Å². The van der Waals surface area contributed by atoms with Gasteiger partial charge in [0.15, 0.2) is 0 Å². The zero-order valence-corrected chi connectivity index (χ0v) is 12.4. The summed E-state index contributed by atoms with van der Waals surface area (Å²) in [6.45, 7) is 5.20. The molecule has 0 aromatic rings. The molecule has 0 saturated heterocycles. The Morgan fingerprint density at radius 3 is 1.47 bits per heavy atom. The normalized spacial score (nSPS) is 10.2. The van der Waals surface area contributed by atoms with Crippen LogP contribution >= 0.6 is 0 Å². The van der Waals surface area contributed by atoms with Crippen LogP contribution in [0.3, 0.4) is 0 Å². The molecular weight excluding hydrogens is 244 g/mol. The zero-order valence-electron chi connectivity index (χ0n) is 12.4. The Labute approximate surface area is 116 Å². The molecule has 0 amide bonds. The Balaban J connectivity index is 3.35. The molecule has 0 aromatic heterocycles. The number of ether oxygens (including phenoxy) is 2. The van der Waals surface area contributed by atoms with Crippen molar-refractivity contribution in [1.29, 1.82) is 0 Å². The van der Waals surface area contributed by atoms with E-state index in [1.165, 1.54) is 0 Å². The summed E-state index contributed by atoms with van der Waals surface area (Å²) in [5, 5.41) is 0. The number of hydrogen-bond acceptors (Lipinski definition) is 4. The second-order valence-corrected chi connectivity index (χ2v) is 4.71. The van der Waals surface area contributed by atoms with Crippen LogP contribution in [-0.4, -0.2) is 25.2 Å². The number of rotatable bonds is 12. The molecule has 4 nitrogen and oxygen atoms in total. The van der Waals surface area contributed by atoms with Crippen LogP contribution in [0.1, 0.15) is 71.6 Å². The predicted octanol–water partition coefficient (Wildman–Crippen LogP) is 3.62. The van der Waals surface area contributed by atoms with E-state index in [9.17, 15) is 9.59 Å². The molecule has 0 spiro atoms. The third-order valence-electron chi connectivity index (χ3n) is 2.78. The molecule has 0 heterocycles. The number of carbonyl (C=O) groups is 2. The van der Waals surface area contributed by atoms with Gasteiger partial charge >= 0.3 is 11.9 Å². The van der Waals surface area contributed by atoms with Gasteiger partial charge in [-0.15, -0.1) is 0 Å². The van der Waals surface area contributed by atoms with E-state index in [1.54, 1.807) is 0 Å². The molecule has 0 N–H and O–H groups in total. The van der Waals surface area contributed by atoms with E-state index in [2.05, 4.69) is 13.8 Å². The van der Waals surface area contributed by atoms with Crippen molar-refractivity contribution in [2.75, 3.05) is 13.2 Å². The van der Waals surface area contributed by atoms with Crippen molar-refractivity contribution in [3.8, 4) is 0 Å². The minimum absolute atomic E-state index is 0.213. The van der Waals surface area contributed by atoms with Crippen LogP contribution in [0.25, 0.3) is 0 Å². The minimum Gasteiger partial charge on any atom is -0.466 e. The van der Waals surface area contributed by atoms with Gasteiger partial charge in [-0.3, -0.25) is 9.59 Å². The lowest BCUT2D eigenvalue weighted by molar-refractivity contribution is -0.145. The molecule has 19 heavy (non-hydrogen) atoms. The standard InChI is InChI=1S/C15H28O4/c1-3-5-7-12-18-14(16)10-9-11-15(17)19-13-8-6-4-2/h3-13H2,1-2H3. The highest BCUT2D eigenvalue weighted by molar-refractivity contribution is 5.72. The van der Waals surface area contributed by atoms with Crippen molar-refractivity contribution >= 4 is 11.9 Å². The van der Waals surface area contributed by atoms with E-state index in [1.807, 2.05) is 0 Å². The van der Waals surface area contributed by atoms with Crippen molar-refractivity contribution < 1.29 is 19.1 Å². The third-order valence-corrected chi connectivity index (χ3v) is 2.78. The van der Waals surface area contributed by atoms with Crippen molar-refractivity contribution in [3.05, 3.63) is 0 Å². The van der Waals surface area contributed by atoms with E-state index in [0.717, 1.165) is 38.5 Å². The lowest BCUT2D eigenvalue weighted by Crippen LogP contribution is -2.09. The van der Waals surface area contributed by atoms with Gasteiger partial charge in [-0.2, -0.15) is 0 Å². The molecule has 0 fully saturated rings. The largest absolute Gasteiger partial charge is 0.466 e. The molecule has 0 bridgehead atoms. The quantitative estimate of drug-likeness (QED) is 0.402. The molecular formula is C15H28O4. The summed E-state index contributed by atoms with van der Waals surface area (Å²) in [5.74, 6) is -0.426. The van der Waals surface area contributed by atoms with Crippen LogP contribution in [-0.2, 0) is 19.1 Å². The average molecular weight is 272 g/mol. The Morgan fingerprint density at radius 1 is 0.684 bits per heavy atom. The number of unbranched alkanes of at least 4 members (excludes halogenated alkanes) is 4. The van der Waals surface area contributed by atoms with Crippen LogP contribution in [0, 0.1) is 0 Å². The van der Waals surface area contributed by atoms with Gasteiger partial charge in [-0.1, -0.05) is 39.5 Å². The van der Waals surface area contributed by atoms with Crippen molar-refractivity contribution in [3.63, 3.8) is 0 Å². The molecule has 0 saturated carbocycles. The summed E-state index contributed by atoms with van der Waals surface area (Å²) in [5.41, 5.74) is 0. The molecule has 0 aromatic carbocycles. The van der Waals surface area contributed by atoms with Gasteiger partial charge in [-0.25, -0.2) is 0 Å². The Morgan fingerprint density at radius 2 is 1.11 bits per heavy atom. The van der Waals surface area contributed by atoms with Crippen LogP contribution in [0.4, 0.5) is 0 Å². The first-order valence-electron chi connectivity index (χ1n) is 7.52. The van der Waals surface area contributed by atoms with Gasteiger partial charge in [0.1, 0.15) is 0 Å². The zero-order chi connectivity index (χ0) is 14.3. The van der Waals surface area contributed by atoms with Gasteiger partial charge in [0.25, 0.3) is 0 Å². The van der Waals surface area contributed by atoms with Crippen molar-refractivity contribution in [1.82, 2.24) is 0 Å². The summed E-state index contributed by atoms with van der Waals surface area (Å²) >= 11 is 0. The lowest BCUT2D eigenvalue weighted by atomic mass is 10.2. The Bertz CT molecular complexity index is 214. The molecule has 0 radical (unpaired) electrons. The van der Waals surface area contributed by atoms with Crippen LogP contribution in [0.5, 0.6) is 0 Å². The maximum Gasteiger partial charge on any atom is 0.305 e. The first-order chi connectivity index (χ1) is 9.20. The first kappa shape index (κ1) is 17.9. The van der Waals surface area contributed by atoms with Crippen LogP contribution < -0.4 is 0 Å². The van der Waals surface area contributed by atoms with Crippen molar-refractivity contribution in [2.45, 2.75) is 71.6 Å². The maximum absolute atomic E-state index is 11.3. The van der Waals surface area contributed by atoms with Gasteiger partial charge in [0, 0.05) is 12.8 Å². The maximum atomic E-state index is 11.3. The molecule has 112 valence electrons. The molecule has 0 aliphatic heterocycles. The van der Waals surface area contributed by atoms with Gasteiger partial charge in [-0.05, 0) is 19.3 Å². The molecule has 0 aliphatic carbocycles. The highest BCUT2D eigenvalue weighted by Gasteiger charge is 2.06. The average Bonchev–Trinajstić information content (AvgIpc) is 2.40. The summed E-state index contributed by atoms with van der Waals surface area (Å²) in [6.07, 6.45) is 7.34. The molecule has 0 unspecified atom stereocenters. The number of hydrogen-bond donors (Lipinski definition) is 0. The molecule has 4 heteroatoms. The SMILES string of the molecule is CCCCCOC(=O)CCCC(=O)OCCCCC. The minimum atomic E-state index is -0.213. The highest BCUT2D eigenvalue weighted by Crippen LogP contribution is 2.03. The molecule has 0 aliphatic rings. The summed E-state index contributed by atoms with van der Waals surface area (Å²) < 4.78 is 10.1. The fourth-order valence-electron chi connectivity index (χ4n) is 1.60.